The van der Waals surface area contributed by atoms with Crippen LogP contribution in [-0.2, 0) is 11.2 Å². The molecular weight excluding hydrogens is 266 g/mol. The van der Waals surface area contributed by atoms with Crippen LogP contribution in [0.5, 0.6) is 0 Å². The van der Waals surface area contributed by atoms with E-state index in [1.165, 1.54) is 6.07 Å². The highest BCUT2D eigenvalue weighted by molar-refractivity contribution is 9.09. The van der Waals surface area contributed by atoms with Crippen LogP contribution in [0.25, 0.3) is 0 Å². The zero-order valence-corrected chi connectivity index (χ0v) is 9.85. The van der Waals surface area contributed by atoms with Crippen LogP contribution in [0.2, 0.25) is 0 Å². The minimum Gasteiger partial charge on any atom is -0.298 e. The maximum atomic E-state index is 12.6. The van der Waals surface area contributed by atoms with Crippen LogP contribution >= 0.6 is 15.9 Å². The first kappa shape index (κ1) is 12.3. The van der Waals surface area contributed by atoms with Crippen molar-refractivity contribution in [3.05, 3.63) is 34.9 Å². The number of carbonyl (C=O) groups is 1. The summed E-state index contributed by atoms with van der Waals surface area (Å²) >= 11 is 3.02. The zero-order valence-electron chi connectivity index (χ0n) is 8.27. The summed E-state index contributed by atoms with van der Waals surface area (Å²) in [6.45, 7) is 1.82. The zero-order chi connectivity index (χ0) is 11.4. The van der Waals surface area contributed by atoms with Crippen molar-refractivity contribution < 1.29 is 13.6 Å². The number of hydrogen-bond acceptors (Lipinski definition) is 1. The molecule has 1 aromatic rings. The molecule has 0 aliphatic carbocycles. The molecule has 1 rings (SSSR count). The molecule has 0 aromatic heterocycles. The van der Waals surface area contributed by atoms with E-state index in [9.17, 15) is 13.6 Å². The van der Waals surface area contributed by atoms with E-state index in [-0.39, 0.29) is 23.1 Å². The average Bonchev–Trinajstić information content (AvgIpc) is 2.17. The Kier molecular flexibility index (Phi) is 4.39. The summed E-state index contributed by atoms with van der Waals surface area (Å²) in [6.07, 6.45) is -2.46. The molecule has 0 unspecified atom stereocenters. The minimum absolute atomic E-state index is 0.0464. The van der Waals surface area contributed by atoms with Gasteiger partial charge in [0.15, 0.2) is 0 Å². The van der Waals surface area contributed by atoms with Gasteiger partial charge in [0.05, 0.1) is 5.33 Å². The van der Waals surface area contributed by atoms with Gasteiger partial charge in [0.25, 0.3) is 6.43 Å². The van der Waals surface area contributed by atoms with E-state index in [0.29, 0.717) is 5.56 Å². The number of hydrogen-bond donors (Lipinski definition) is 0. The van der Waals surface area contributed by atoms with Crippen LogP contribution in [0.3, 0.4) is 0 Å². The molecule has 0 saturated carbocycles. The number of ketones is 1. The van der Waals surface area contributed by atoms with E-state index < -0.39 is 6.43 Å². The Balaban J connectivity index is 3.02. The summed E-state index contributed by atoms with van der Waals surface area (Å²) in [7, 11) is 0. The number of halogens is 3. The van der Waals surface area contributed by atoms with Crippen molar-refractivity contribution in [2.45, 2.75) is 19.8 Å². The number of benzene rings is 1. The molecule has 0 aliphatic rings. The van der Waals surface area contributed by atoms with Crippen molar-refractivity contribution in [1.82, 2.24) is 0 Å². The highest BCUT2D eigenvalue weighted by Crippen LogP contribution is 2.24. The Morgan fingerprint density at radius 3 is 2.67 bits per heavy atom. The largest absolute Gasteiger partial charge is 0.298 e. The average molecular weight is 277 g/mol. The Morgan fingerprint density at radius 1 is 1.47 bits per heavy atom. The molecule has 0 radical (unpaired) electrons. The van der Waals surface area contributed by atoms with Gasteiger partial charge in [0, 0.05) is 12.0 Å². The minimum atomic E-state index is -2.52. The molecule has 0 bridgehead atoms. The second-order valence-electron chi connectivity index (χ2n) is 3.35. The summed E-state index contributed by atoms with van der Waals surface area (Å²) < 4.78 is 25.2. The predicted octanol–water partition coefficient (Wildman–Crippen LogP) is 3.44. The number of aryl methyl sites for hydroxylation is 1. The summed E-state index contributed by atoms with van der Waals surface area (Å²) in [5, 5.41) is 0.198. The van der Waals surface area contributed by atoms with Gasteiger partial charge in [0.2, 0.25) is 0 Å². The van der Waals surface area contributed by atoms with E-state index >= 15 is 0 Å². The second-order valence-corrected chi connectivity index (χ2v) is 3.91. The van der Waals surface area contributed by atoms with Crippen molar-refractivity contribution >= 4 is 21.7 Å². The van der Waals surface area contributed by atoms with Crippen molar-refractivity contribution in [2.24, 2.45) is 0 Å². The standard InChI is InChI=1S/C11H11BrF2O/c1-7-2-3-10(11(13)14)8(4-7)5-9(15)6-12/h2-4,11H,5-6H2,1H3. The van der Waals surface area contributed by atoms with Gasteiger partial charge in [-0.15, -0.1) is 0 Å². The van der Waals surface area contributed by atoms with Crippen LogP contribution in [-0.4, -0.2) is 11.1 Å². The lowest BCUT2D eigenvalue weighted by atomic mass is 10.0. The fourth-order valence-electron chi connectivity index (χ4n) is 1.36. The van der Waals surface area contributed by atoms with Crippen LogP contribution in [0.4, 0.5) is 8.78 Å². The Labute approximate surface area is 95.6 Å². The fourth-order valence-corrected chi connectivity index (χ4v) is 1.56. The highest BCUT2D eigenvalue weighted by Gasteiger charge is 2.14. The lowest BCUT2D eigenvalue weighted by molar-refractivity contribution is -0.115. The molecule has 0 aliphatic heterocycles. The van der Waals surface area contributed by atoms with E-state index in [1.807, 2.05) is 6.92 Å². The summed E-state index contributed by atoms with van der Waals surface area (Å²) in [5.74, 6) is -0.0949. The maximum Gasteiger partial charge on any atom is 0.264 e. The highest BCUT2D eigenvalue weighted by atomic mass is 79.9. The topological polar surface area (TPSA) is 17.1 Å². The molecule has 82 valence electrons. The van der Waals surface area contributed by atoms with Gasteiger partial charge < -0.3 is 0 Å². The number of carbonyl (C=O) groups excluding carboxylic acids is 1. The SMILES string of the molecule is Cc1ccc(C(F)F)c(CC(=O)CBr)c1. The smallest absolute Gasteiger partial charge is 0.264 e. The van der Waals surface area contributed by atoms with Gasteiger partial charge in [-0.2, -0.15) is 0 Å². The molecule has 4 heteroatoms. The second kappa shape index (κ2) is 5.35. The lowest BCUT2D eigenvalue weighted by Crippen LogP contribution is -2.06. The molecule has 0 heterocycles. The molecule has 1 nitrogen and oxygen atoms in total. The number of Topliss-reactive ketones (excluding diaryl/α,β-unsaturated/α-hetero) is 1. The molecule has 0 N–H and O–H groups in total. The Bertz CT molecular complexity index is 364. The molecule has 0 saturated heterocycles. The van der Waals surface area contributed by atoms with E-state index in [4.69, 9.17) is 0 Å². The van der Waals surface area contributed by atoms with Crippen LogP contribution in [0, 0.1) is 6.92 Å². The summed E-state index contributed by atoms with van der Waals surface area (Å²) in [6, 6.07) is 4.66. The van der Waals surface area contributed by atoms with Crippen LogP contribution < -0.4 is 0 Å². The quantitative estimate of drug-likeness (QED) is 0.770. The summed E-state index contributed by atoms with van der Waals surface area (Å²) in [5.41, 5.74) is 1.26. The van der Waals surface area contributed by atoms with Crippen molar-refractivity contribution in [3.63, 3.8) is 0 Å². The van der Waals surface area contributed by atoms with Gasteiger partial charge >= 0.3 is 0 Å². The first-order valence-electron chi connectivity index (χ1n) is 4.50. The Hall–Kier alpha value is -0.770. The number of rotatable bonds is 4. The number of alkyl halides is 3. The van der Waals surface area contributed by atoms with E-state index in [1.54, 1.807) is 12.1 Å². The van der Waals surface area contributed by atoms with Gasteiger partial charge in [-0.1, -0.05) is 39.7 Å². The lowest BCUT2D eigenvalue weighted by Gasteiger charge is -2.08. The monoisotopic (exact) mass is 276 g/mol. The summed E-state index contributed by atoms with van der Waals surface area (Å²) in [4.78, 5) is 11.2. The first-order valence-corrected chi connectivity index (χ1v) is 5.62. The van der Waals surface area contributed by atoms with Crippen molar-refractivity contribution in [3.8, 4) is 0 Å². The normalized spacial score (nSPS) is 10.7. The molecule has 0 atom stereocenters. The third-order valence-electron chi connectivity index (χ3n) is 2.07. The molecule has 1 aromatic carbocycles. The third kappa shape index (κ3) is 3.38. The maximum absolute atomic E-state index is 12.6. The third-order valence-corrected chi connectivity index (χ3v) is 2.70. The van der Waals surface area contributed by atoms with E-state index in [0.717, 1.165) is 5.56 Å². The van der Waals surface area contributed by atoms with Gasteiger partial charge in [-0.25, -0.2) is 8.78 Å². The Morgan fingerprint density at radius 2 is 2.13 bits per heavy atom. The first-order chi connectivity index (χ1) is 7.04. The molecular formula is C11H11BrF2O. The van der Waals surface area contributed by atoms with Gasteiger partial charge in [-0.05, 0) is 12.5 Å². The predicted molar refractivity (Wildman–Crippen MR) is 58.6 cm³/mol. The molecule has 0 amide bonds. The molecule has 0 spiro atoms. The van der Waals surface area contributed by atoms with E-state index in [2.05, 4.69) is 15.9 Å². The van der Waals surface area contributed by atoms with Gasteiger partial charge in [-0.3, -0.25) is 4.79 Å². The van der Waals surface area contributed by atoms with Gasteiger partial charge in [0.1, 0.15) is 5.78 Å². The van der Waals surface area contributed by atoms with Crippen molar-refractivity contribution in [1.29, 1.82) is 0 Å². The molecule has 15 heavy (non-hydrogen) atoms. The molecule has 0 fully saturated rings. The van der Waals surface area contributed by atoms with Crippen LogP contribution in [0.1, 0.15) is 23.1 Å². The fraction of sp³-hybridized carbons (Fsp3) is 0.364. The van der Waals surface area contributed by atoms with Crippen molar-refractivity contribution in [2.75, 3.05) is 5.33 Å². The van der Waals surface area contributed by atoms with Crippen LogP contribution in [0.15, 0.2) is 18.2 Å².